The first-order chi connectivity index (χ1) is 8.65. The summed E-state index contributed by atoms with van der Waals surface area (Å²) in [6.07, 6.45) is 8.52. The lowest BCUT2D eigenvalue weighted by molar-refractivity contribution is 0.228. The SMILES string of the molecule is CCc1ccc(CC2(N)CCC(CC)CC2)cc1. The zero-order valence-electron chi connectivity index (χ0n) is 11.9. The third kappa shape index (κ3) is 3.35. The van der Waals surface area contributed by atoms with Crippen molar-refractivity contribution in [2.24, 2.45) is 11.7 Å². The summed E-state index contributed by atoms with van der Waals surface area (Å²) >= 11 is 0. The van der Waals surface area contributed by atoms with E-state index in [1.165, 1.54) is 43.2 Å². The Balaban J connectivity index is 1.95. The van der Waals surface area contributed by atoms with E-state index < -0.39 is 0 Å². The Morgan fingerprint density at radius 3 is 2.11 bits per heavy atom. The molecule has 0 heterocycles. The normalized spacial score (nSPS) is 28.3. The van der Waals surface area contributed by atoms with Crippen LogP contribution in [0.3, 0.4) is 0 Å². The molecule has 1 saturated carbocycles. The zero-order chi connectivity index (χ0) is 13.0. The number of nitrogens with two attached hydrogens (primary N) is 1. The van der Waals surface area contributed by atoms with E-state index in [1.54, 1.807) is 0 Å². The minimum absolute atomic E-state index is 0.0550. The van der Waals surface area contributed by atoms with Crippen molar-refractivity contribution in [1.82, 2.24) is 0 Å². The lowest BCUT2D eigenvalue weighted by atomic mass is 9.73. The summed E-state index contributed by atoms with van der Waals surface area (Å²) in [5.41, 5.74) is 9.46. The second-order valence-corrected chi connectivity index (χ2v) is 6.06. The number of hydrogen-bond donors (Lipinski definition) is 1. The van der Waals surface area contributed by atoms with Crippen LogP contribution in [-0.4, -0.2) is 5.54 Å². The van der Waals surface area contributed by atoms with Gasteiger partial charge in [-0.25, -0.2) is 0 Å². The van der Waals surface area contributed by atoms with E-state index in [9.17, 15) is 0 Å². The van der Waals surface area contributed by atoms with Gasteiger partial charge in [0, 0.05) is 5.54 Å². The van der Waals surface area contributed by atoms with Gasteiger partial charge in [0.05, 0.1) is 0 Å². The van der Waals surface area contributed by atoms with Crippen molar-refractivity contribution in [3.05, 3.63) is 35.4 Å². The van der Waals surface area contributed by atoms with Gasteiger partial charge in [0.1, 0.15) is 0 Å². The fraction of sp³-hybridized carbons (Fsp3) is 0.647. The van der Waals surface area contributed by atoms with Crippen LogP contribution in [0.15, 0.2) is 24.3 Å². The summed E-state index contributed by atoms with van der Waals surface area (Å²) in [5.74, 6) is 0.921. The fourth-order valence-electron chi connectivity index (χ4n) is 3.14. The highest BCUT2D eigenvalue weighted by atomic mass is 14.7. The van der Waals surface area contributed by atoms with Gasteiger partial charge in [0.2, 0.25) is 0 Å². The molecule has 1 nitrogen and oxygen atoms in total. The van der Waals surface area contributed by atoms with Crippen molar-refractivity contribution < 1.29 is 0 Å². The van der Waals surface area contributed by atoms with E-state index in [0.29, 0.717) is 0 Å². The van der Waals surface area contributed by atoms with Crippen molar-refractivity contribution in [3.63, 3.8) is 0 Å². The summed E-state index contributed by atoms with van der Waals surface area (Å²) in [6, 6.07) is 9.02. The second-order valence-electron chi connectivity index (χ2n) is 6.06. The maximum absolute atomic E-state index is 6.58. The number of hydrogen-bond acceptors (Lipinski definition) is 1. The Morgan fingerprint density at radius 2 is 1.61 bits per heavy atom. The van der Waals surface area contributed by atoms with Crippen LogP contribution in [-0.2, 0) is 12.8 Å². The molecular weight excluding hydrogens is 218 g/mol. The van der Waals surface area contributed by atoms with Crippen molar-refractivity contribution >= 4 is 0 Å². The Hall–Kier alpha value is -0.820. The molecule has 1 fully saturated rings. The summed E-state index contributed by atoms with van der Waals surface area (Å²) in [5, 5.41) is 0. The molecule has 0 bridgehead atoms. The molecule has 0 radical (unpaired) electrons. The van der Waals surface area contributed by atoms with Gasteiger partial charge in [-0.3, -0.25) is 0 Å². The van der Waals surface area contributed by atoms with Crippen LogP contribution in [0.2, 0.25) is 0 Å². The molecular formula is C17H27N. The van der Waals surface area contributed by atoms with Gasteiger partial charge in [0.25, 0.3) is 0 Å². The first kappa shape index (κ1) is 13.6. The summed E-state index contributed by atoms with van der Waals surface area (Å²) in [6.45, 7) is 4.50. The molecule has 2 rings (SSSR count). The molecule has 0 unspecified atom stereocenters. The molecule has 0 saturated heterocycles. The van der Waals surface area contributed by atoms with Crippen LogP contribution >= 0.6 is 0 Å². The fourth-order valence-corrected chi connectivity index (χ4v) is 3.14. The summed E-state index contributed by atoms with van der Waals surface area (Å²) in [7, 11) is 0. The average molecular weight is 245 g/mol. The topological polar surface area (TPSA) is 26.0 Å². The van der Waals surface area contributed by atoms with Crippen LogP contribution in [0.1, 0.15) is 57.1 Å². The molecule has 100 valence electrons. The predicted octanol–water partition coefficient (Wildman–Crippen LogP) is 4.09. The second kappa shape index (κ2) is 5.88. The third-order valence-electron chi connectivity index (χ3n) is 4.67. The highest BCUT2D eigenvalue weighted by Gasteiger charge is 2.30. The Morgan fingerprint density at radius 1 is 1.06 bits per heavy atom. The zero-order valence-corrected chi connectivity index (χ0v) is 11.9. The molecule has 0 atom stereocenters. The van der Waals surface area contributed by atoms with Crippen LogP contribution in [0.4, 0.5) is 0 Å². The van der Waals surface area contributed by atoms with Crippen molar-refractivity contribution in [2.75, 3.05) is 0 Å². The number of aryl methyl sites for hydroxylation is 1. The lowest BCUT2D eigenvalue weighted by Crippen LogP contribution is -2.45. The van der Waals surface area contributed by atoms with Crippen LogP contribution in [0.25, 0.3) is 0 Å². The summed E-state index contributed by atoms with van der Waals surface area (Å²) in [4.78, 5) is 0. The lowest BCUT2D eigenvalue weighted by Gasteiger charge is -2.37. The van der Waals surface area contributed by atoms with Gasteiger partial charge < -0.3 is 5.73 Å². The molecule has 1 aromatic rings. The minimum atomic E-state index is 0.0550. The highest BCUT2D eigenvalue weighted by molar-refractivity contribution is 5.24. The largest absolute Gasteiger partial charge is 0.325 e. The molecule has 1 aliphatic rings. The Bertz CT molecular complexity index is 358. The smallest absolute Gasteiger partial charge is 0.0195 e. The molecule has 0 amide bonds. The average Bonchev–Trinajstić information content (AvgIpc) is 2.40. The molecule has 1 heteroatoms. The van der Waals surface area contributed by atoms with Crippen LogP contribution in [0, 0.1) is 5.92 Å². The van der Waals surface area contributed by atoms with E-state index in [4.69, 9.17) is 5.73 Å². The standard InChI is InChI=1S/C17H27N/c1-3-14-5-7-16(8-6-14)13-17(18)11-9-15(4-2)10-12-17/h5-8,15H,3-4,9-13,18H2,1-2H3. The van der Waals surface area contributed by atoms with E-state index in [1.807, 2.05) is 0 Å². The first-order valence-corrected chi connectivity index (χ1v) is 7.52. The van der Waals surface area contributed by atoms with E-state index in [-0.39, 0.29) is 5.54 Å². The monoisotopic (exact) mass is 245 g/mol. The first-order valence-electron chi connectivity index (χ1n) is 7.52. The summed E-state index contributed by atoms with van der Waals surface area (Å²) < 4.78 is 0. The molecule has 0 aliphatic heterocycles. The highest BCUT2D eigenvalue weighted by Crippen LogP contribution is 2.34. The maximum Gasteiger partial charge on any atom is 0.0195 e. The molecule has 0 spiro atoms. The van der Waals surface area contributed by atoms with E-state index in [2.05, 4.69) is 38.1 Å². The van der Waals surface area contributed by atoms with Gasteiger partial charge in [-0.1, -0.05) is 44.5 Å². The van der Waals surface area contributed by atoms with Crippen molar-refractivity contribution in [2.45, 2.75) is 64.3 Å². The molecule has 18 heavy (non-hydrogen) atoms. The number of benzene rings is 1. The Labute approximate surface area is 112 Å². The van der Waals surface area contributed by atoms with E-state index >= 15 is 0 Å². The van der Waals surface area contributed by atoms with Crippen LogP contribution in [0.5, 0.6) is 0 Å². The van der Waals surface area contributed by atoms with Gasteiger partial charge in [-0.15, -0.1) is 0 Å². The van der Waals surface area contributed by atoms with Crippen molar-refractivity contribution in [1.29, 1.82) is 0 Å². The molecule has 1 aromatic carbocycles. The van der Waals surface area contributed by atoms with Gasteiger partial charge in [-0.2, -0.15) is 0 Å². The quantitative estimate of drug-likeness (QED) is 0.849. The molecule has 1 aliphatic carbocycles. The van der Waals surface area contributed by atoms with Gasteiger partial charge in [-0.05, 0) is 55.6 Å². The maximum atomic E-state index is 6.58. The van der Waals surface area contributed by atoms with E-state index in [0.717, 1.165) is 18.8 Å². The molecule has 0 aromatic heterocycles. The third-order valence-corrected chi connectivity index (χ3v) is 4.67. The van der Waals surface area contributed by atoms with Crippen LogP contribution < -0.4 is 5.73 Å². The van der Waals surface area contributed by atoms with Crippen molar-refractivity contribution in [3.8, 4) is 0 Å². The molecule has 2 N–H and O–H groups in total. The number of rotatable bonds is 4. The Kier molecular flexibility index (Phi) is 4.45. The predicted molar refractivity (Wildman–Crippen MR) is 78.7 cm³/mol. The van der Waals surface area contributed by atoms with Gasteiger partial charge >= 0.3 is 0 Å². The van der Waals surface area contributed by atoms with Gasteiger partial charge in [0.15, 0.2) is 0 Å². The minimum Gasteiger partial charge on any atom is -0.325 e.